The topological polar surface area (TPSA) is 61.0 Å². The zero-order valence-electron chi connectivity index (χ0n) is 9.40. The first-order valence-corrected chi connectivity index (χ1v) is 6.21. The number of ether oxygens (including phenoxy) is 1. The van der Waals surface area contributed by atoms with Gasteiger partial charge in [0.1, 0.15) is 0 Å². The van der Waals surface area contributed by atoms with Gasteiger partial charge in [-0.25, -0.2) is 0 Å². The molecule has 0 aliphatic rings. The number of nitrogens with two attached hydrogens (primary N) is 1. The van der Waals surface area contributed by atoms with Gasteiger partial charge >= 0.3 is 0 Å². The van der Waals surface area contributed by atoms with Crippen molar-refractivity contribution in [2.45, 2.75) is 39.2 Å². The SMILES string of the molecule is CCCOCC(N)c1snnc1CCC. The molecule has 0 saturated carbocycles. The quantitative estimate of drug-likeness (QED) is 0.726. The van der Waals surface area contributed by atoms with Crippen molar-refractivity contribution in [3.63, 3.8) is 0 Å². The Morgan fingerprint density at radius 2 is 2.20 bits per heavy atom. The summed E-state index contributed by atoms with van der Waals surface area (Å²) in [4.78, 5) is 1.08. The van der Waals surface area contributed by atoms with Gasteiger partial charge in [-0.1, -0.05) is 24.8 Å². The van der Waals surface area contributed by atoms with Gasteiger partial charge in [-0.2, -0.15) is 0 Å². The van der Waals surface area contributed by atoms with Gasteiger partial charge in [-0.3, -0.25) is 0 Å². The Morgan fingerprint density at radius 1 is 1.40 bits per heavy atom. The minimum Gasteiger partial charge on any atom is -0.379 e. The van der Waals surface area contributed by atoms with Crippen LogP contribution in [-0.2, 0) is 11.2 Å². The molecule has 0 amide bonds. The van der Waals surface area contributed by atoms with Crippen LogP contribution in [0.4, 0.5) is 0 Å². The summed E-state index contributed by atoms with van der Waals surface area (Å²) in [5.41, 5.74) is 7.05. The Labute approximate surface area is 95.0 Å². The molecule has 0 saturated heterocycles. The van der Waals surface area contributed by atoms with Crippen molar-refractivity contribution in [3.8, 4) is 0 Å². The Hall–Kier alpha value is -0.520. The van der Waals surface area contributed by atoms with E-state index in [2.05, 4.69) is 23.4 Å². The number of aromatic nitrogens is 2. The fraction of sp³-hybridized carbons (Fsp3) is 0.800. The van der Waals surface area contributed by atoms with Crippen LogP contribution in [0.3, 0.4) is 0 Å². The molecule has 15 heavy (non-hydrogen) atoms. The average molecular weight is 229 g/mol. The van der Waals surface area contributed by atoms with Gasteiger partial charge in [-0.15, -0.1) is 5.10 Å². The van der Waals surface area contributed by atoms with E-state index >= 15 is 0 Å². The highest BCUT2D eigenvalue weighted by atomic mass is 32.1. The molecule has 0 spiro atoms. The van der Waals surface area contributed by atoms with E-state index in [1.807, 2.05) is 0 Å². The second-order valence-electron chi connectivity index (χ2n) is 3.52. The predicted octanol–water partition coefficient (Wildman–Crippen LogP) is 1.92. The molecule has 4 nitrogen and oxygen atoms in total. The number of hydrogen-bond donors (Lipinski definition) is 1. The largest absolute Gasteiger partial charge is 0.379 e. The van der Waals surface area contributed by atoms with Crippen molar-refractivity contribution in [2.24, 2.45) is 5.73 Å². The van der Waals surface area contributed by atoms with Crippen molar-refractivity contribution in [3.05, 3.63) is 10.6 Å². The Kier molecular flexibility index (Phi) is 5.75. The number of nitrogens with zero attached hydrogens (tertiary/aromatic N) is 2. The molecule has 0 aromatic carbocycles. The highest BCUT2D eigenvalue weighted by Crippen LogP contribution is 2.19. The molecule has 1 unspecified atom stereocenters. The molecule has 0 bridgehead atoms. The monoisotopic (exact) mass is 229 g/mol. The lowest BCUT2D eigenvalue weighted by Crippen LogP contribution is -2.17. The molecule has 1 rings (SSSR count). The van der Waals surface area contributed by atoms with E-state index in [-0.39, 0.29) is 6.04 Å². The van der Waals surface area contributed by atoms with Crippen LogP contribution in [0, 0.1) is 0 Å². The van der Waals surface area contributed by atoms with Crippen LogP contribution in [0.1, 0.15) is 43.3 Å². The maximum atomic E-state index is 6.02. The molecule has 1 atom stereocenters. The lowest BCUT2D eigenvalue weighted by Gasteiger charge is -2.10. The first-order valence-electron chi connectivity index (χ1n) is 5.44. The third kappa shape index (κ3) is 3.85. The number of aryl methyl sites for hydroxylation is 1. The standard InChI is InChI=1S/C10H19N3OS/c1-3-5-9-10(15-13-12-9)8(11)7-14-6-4-2/h8H,3-7,11H2,1-2H3. The van der Waals surface area contributed by atoms with Gasteiger partial charge in [0.15, 0.2) is 0 Å². The van der Waals surface area contributed by atoms with E-state index < -0.39 is 0 Å². The molecule has 0 fully saturated rings. The average Bonchev–Trinajstić information content (AvgIpc) is 2.67. The zero-order chi connectivity index (χ0) is 11.1. The summed E-state index contributed by atoms with van der Waals surface area (Å²) in [7, 11) is 0. The summed E-state index contributed by atoms with van der Waals surface area (Å²) in [6.07, 6.45) is 3.05. The smallest absolute Gasteiger partial charge is 0.0804 e. The Morgan fingerprint density at radius 3 is 2.87 bits per heavy atom. The predicted molar refractivity (Wildman–Crippen MR) is 61.9 cm³/mol. The second kappa shape index (κ2) is 6.87. The summed E-state index contributed by atoms with van der Waals surface area (Å²) < 4.78 is 9.37. The third-order valence-electron chi connectivity index (χ3n) is 2.05. The van der Waals surface area contributed by atoms with E-state index in [1.165, 1.54) is 11.5 Å². The first kappa shape index (κ1) is 12.5. The summed E-state index contributed by atoms with van der Waals surface area (Å²) in [6, 6.07) is -0.0712. The summed E-state index contributed by atoms with van der Waals surface area (Å²) in [6.45, 7) is 5.54. The first-order chi connectivity index (χ1) is 7.29. The molecule has 1 aromatic rings. The van der Waals surface area contributed by atoms with Gasteiger partial charge in [0.2, 0.25) is 0 Å². The van der Waals surface area contributed by atoms with Crippen molar-refractivity contribution in [2.75, 3.05) is 13.2 Å². The maximum absolute atomic E-state index is 6.02. The zero-order valence-corrected chi connectivity index (χ0v) is 10.2. The van der Waals surface area contributed by atoms with E-state index in [0.717, 1.165) is 36.4 Å². The molecule has 5 heteroatoms. The number of rotatable bonds is 7. The normalized spacial score (nSPS) is 13.0. The second-order valence-corrected chi connectivity index (χ2v) is 4.30. The van der Waals surface area contributed by atoms with Gasteiger partial charge in [0, 0.05) is 6.61 Å². The summed E-state index contributed by atoms with van der Waals surface area (Å²) >= 11 is 1.39. The molecule has 0 radical (unpaired) electrons. The van der Waals surface area contributed by atoms with Crippen LogP contribution in [-0.4, -0.2) is 22.8 Å². The molecule has 1 heterocycles. The number of hydrogen-bond acceptors (Lipinski definition) is 5. The fourth-order valence-electron chi connectivity index (χ4n) is 1.34. The van der Waals surface area contributed by atoms with E-state index in [9.17, 15) is 0 Å². The van der Waals surface area contributed by atoms with E-state index in [0.29, 0.717) is 6.61 Å². The van der Waals surface area contributed by atoms with Gasteiger partial charge < -0.3 is 10.5 Å². The molecule has 2 N–H and O–H groups in total. The molecular formula is C10H19N3OS. The van der Waals surface area contributed by atoms with Crippen LogP contribution in [0.25, 0.3) is 0 Å². The Bertz CT molecular complexity index is 277. The van der Waals surface area contributed by atoms with Crippen LogP contribution < -0.4 is 5.73 Å². The van der Waals surface area contributed by atoms with E-state index in [1.54, 1.807) is 0 Å². The van der Waals surface area contributed by atoms with Crippen molar-refractivity contribution < 1.29 is 4.74 Å². The molecule has 1 aromatic heterocycles. The minimum absolute atomic E-state index is 0.0712. The molecule has 0 aliphatic carbocycles. The van der Waals surface area contributed by atoms with Crippen molar-refractivity contribution in [1.29, 1.82) is 0 Å². The third-order valence-corrected chi connectivity index (χ3v) is 2.95. The highest BCUT2D eigenvalue weighted by molar-refractivity contribution is 7.05. The highest BCUT2D eigenvalue weighted by Gasteiger charge is 2.14. The van der Waals surface area contributed by atoms with Gasteiger partial charge in [0.05, 0.1) is 23.2 Å². The van der Waals surface area contributed by atoms with Crippen LogP contribution in [0.15, 0.2) is 0 Å². The lowest BCUT2D eigenvalue weighted by molar-refractivity contribution is 0.122. The van der Waals surface area contributed by atoms with Crippen LogP contribution in [0.5, 0.6) is 0 Å². The molecule has 86 valence electrons. The lowest BCUT2D eigenvalue weighted by atomic mass is 10.1. The van der Waals surface area contributed by atoms with E-state index in [4.69, 9.17) is 10.5 Å². The van der Waals surface area contributed by atoms with Gasteiger partial charge in [0.25, 0.3) is 0 Å². The van der Waals surface area contributed by atoms with Crippen molar-refractivity contribution in [1.82, 2.24) is 9.59 Å². The fourth-order valence-corrected chi connectivity index (χ4v) is 2.02. The van der Waals surface area contributed by atoms with Crippen molar-refractivity contribution >= 4 is 11.5 Å². The van der Waals surface area contributed by atoms with Crippen LogP contribution >= 0.6 is 11.5 Å². The summed E-state index contributed by atoms with van der Waals surface area (Å²) in [5.74, 6) is 0. The Balaban J connectivity index is 2.48. The molecular weight excluding hydrogens is 210 g/mol. The minimum atomic E-state index is -0.0712. The molecule has 0 aliphatic heterocycles. The van der Waals surface area contributed by atoms with Crippen LogP contribution in [0.2, 0.25) is 0 Å². The van der Waals surface area contributed by atoms with Gasteiger partial charge in [-0.05, 0) is 24.4 Å². The maximum Gasteiger partial charge on any atom is 0.0804 e. The summed E-state index contributed by atoms with van der Waals surface area (Å²) in [5, 5.41) is 4.09.